The van der Waals surface area contributed by atoms with Gasteiger partial charge in [-0.2, -0.15) is 0 Å². The zero-order chi connectivity index (χ0) is 38.8. The van der Waals surface area contributed by atoms with Crippen LogP contribution in [0.2, 0.25) is 0 Å². The number of hydrogen-bond acceptors (Lipinski definition) is 10. The Labute approximate surface area is 318 Å². The Hall–Kier alpha value is -3.12. The summed E-state index contributed by atoms with van der Waals surface area (Å²) in [4.78, 5) is 25.2. The van der Waals surface area contributed by atoms with Crippen molar-refractivity contribution in [2.24, 2.45) is 0 Å². The summed E-state index contributed by atoms with van der Waals surface area (Å²) in [5.41, 5.74) is 0. The molecule has 10 heteroatoms. The quantitative estimate of drug-likeness (QED) is 0.0332. The molecular formula is C43H68O10. The fourth-order valence-electron chi connectivity index (χ4n) is 5.21. The first-order chi connectivity index (χ1) is 25.8. The number of unbranched alkanes of at least 4 members (excludes halogenated alkanes) is 5. The van der Waals surface area contributed by atoms with Crippen molar-refractivity contribution in [3.8, 4) is 0 Å². The number of allylic oxidation sites excluding steroid dienone is 14. The summed E-state index contributed by atoms with van der Waals surface area (Å²) in [7, 11) is 0. The van der Waals surface area contributed by atoms with Crippen LogP contribution in [0.4, 0.5) is 0 Å². The van der Waals surface area contributed by atoms with Crippen molar-refractivity contribution in [3.05, 3.63) is 85.1 Å². The molecule has 0 amide bonds. The predicted molar refractivity (Wildman–Crippen MR) is 210 cm³/mol. The number of aliphatic hydroxyl groups excluding tert-OH is 4. The average Bonchev–Trinajstić information content (AvgIpc) is 3.15. The van der Waals surface area contributed by atoms with Crippen molar-refractivity contribution in [3.63, 3.8) is 0 Å². The molecular weight excluding hydrogens is 676 g/mol. The highest BCUT2D eigenvalue weighted by Crippen LogP contribution is 2.22. The van der Waals surface area contributed by atoms with E-state index in [4.69, 9.17) is 18.9 Å². The molecule has 0 radical (unpaired) electrons. The lowest BCUT2D eigenvalue weighted by atomic mass is 9.99. The Morgan fingerprint density at radius 2 is 1.09 bits per heavy atom. The predicted octanol–water partition coefficient (Wildman–Crippen LogP) is 7.43. The number of ether oxygens (including phenoxy) is 4. The second kappa shape index (κ2) is 33.4. The van der Waals surface area contributed by atoms with E-state index in [1.165, 1.54) is 0 Å². The summed E-state index contributed by atoms with van der Waals surface area (Å²) in [6.45, 7) is 3.06. The number of esters is 2. The zero-order valence-electron chi connectivity index (χ0n) is 32.2. The van der Waals surface area contributed by atoms with Crippen LogP contribution in [-0.4, -0.2) is 89.0 Å². The molecule has 1 fully saturated rings. The summed E-state index contributed by atoms with van der Waals surface area (Å²) < 4.78 is 22.0. The molecule has 0 aromatic carbocycles. The highest BCUT2D eigenvalue weighted by Gasteiger charge is 2.44. The number of hydrogen-bond donors (Lipinski definition) is 4. The first-order valence-electron chi connectivity index (χ1n) is 19.7. The van der Waals surface area contributed by atoms with Crippen LogP contribution >= 0.6 is 0 Å². The molecule has 0 aliphatic carbocycles. The minimum absolute atomic E-state index is 0.0997. The SMILES string of the molecule is CC/C=C\C/C=C\C/C=C\C/C=C\CCC(=O)OC(COC(=O)CCCCCCC/C=C\C/C=C\C/C=C\CC)CO[C@@H]1OC(CO)[C@H](O)C(O)C1O. The largest absolute Gasteiger partial charge is 0.462 e. The molecule has 1 heterocycles. The van der Waals surface area contributed by atoms with E-state index in [9.17, 15) is 30.0 Å². The van der Waals surface area contributed by atoms with Gasteiger partial charge in [0.15, 0.2) is 12.4 Å². The van der Waals surface area contributed by atoms with Crippen LogP contribution in [0.1, 0.15) is 117 Å². The molecule has 0 aromatic heterocycles. The van der Waals surface area contributed by atoms with Crippen LogP contribution in [0.5, 0.6) is 0 Å². The molecule has 0 spiro atoms. The molecule has 0 saturated carbocycles. The van der Waals surface area contributed by atoms with Crippen LogP contribution < -0.4 is 0 Å². The minimum Gasteiger partial charge on any atom is -0.462 e. The third kappa shape index (κ3) is 25.5. The van der Waals surface area contributed by atoms with Crippen molar-refractivity contribution >= 4 is 11.9 Å². The van der Waals surface area contributed by atoms with Crippen LogP contribution in [-0.2, 0) is 28.5 Å². The van der Waals surface area contributed by atoms with E-state index in [-0.39, 0.29) is 26.1 Å². The van der Waals surface area contributed by atoms with Crippen LogP contribution in [0.25, 0.3) is 0 Å². The topological polar surface area (TPSA) is 152 Å². The maximum atomic E-state index is 12.7. The number of carbonyl (C=O) groups is 2. The molecule has 1 aliphatic rings. The molecule has 300 valence electrons. The molecule has 0 aromatic rings. The second-order valence-electron chi connectivity index (χ2n) is 13.0. The van der Waals surface area contributed by atoms with E-state index in [0.29, 0.717) is 12.8 Å². The fourth-order valence-corrected chi connectivity index (χ4v) is 5.21. The first-order valence-corrected chi connectivity index (χ1v) is 19.7. The number of carbonyl (C=O) groups excluding carboxylic acids is 2. The van der Waals surface area contributed by atoms with E-state index in [1.807, 2.05) is 12.2 Å². The summed E-state index contributed by atoms with van der Waals surface area (Å²) >= 11 is 0. The monoisotopic (exact) mass is 744 g/mol. The Balaban J connectivity index is 2.45. The third-order valence-electron chi connectivity index (χ3n) is 8.29. The van der Waals surface area contributed by atoms with E-state index in [1.54, 1.807) is 0 Å². The van der Waals surface area contributed by atoms with E-state index >= 15 is 0 Å². The van der Waals surface area contributed by atoms with Crippen LogP contribution in [0.15, 0.2) is 85.1 Å². The van der Waals surface area contributed by atoms with Gasteiger partial charge in [-0.3, -0.25) is 9.59 Å². The van der Waals surface area contributed by atoms with Crippen LogP contribution in [0, 0.1) is 0 Å². The van der Waals surface area contributed by atoms with Gasteiger partial charge in [0.25, 0.3) is 0 Å². The first kappa shape index (κ1) is 47.9. The maximum Gasteiger partial charge on any atom is 0.306 e. The standard InChI is InChI=1S/C43H68O10/c1-3-5-7-9-11-13-15-17-18-20-21-23-25-27-29-31-38(45)50-34-36(35-51-43-42(49)41(48)40(47)37(33-44)53-43)52-39(46)32-30-28-26-24-22-19-16-14-12-10-8-6-4-2/h5-8,11-14,17-19,22,26,28,36-37,40-44,47-49H,3-4,9-10,15-16,20-21,23-25,27,29-35H2,1-2H3/b7-5-,8-6-,13-11-,14-12-,18-17-,22-19-,28-26-/t36?,37?,40-,41?,42?,43+/m0/s1. The lowest BCUT2D eigenvalue weighted by molar-refractivity contribution is -0.305. The molecule has 1 rings (SSSR count). The van der Waals surface area contributed by atoms with Gasteiger partial charge in [-0.25, -0.2) is 0 Å². The second-order valence-corrected chi connectivity index (χ2v) is 13.0. The van der Waals surface area contributed by atoms with Gasteiger partial charge in [-0.1, -0.05) is 118 Å². The third-order valence-corrected chi connectivity index (χ3v) is 8.29. The maximum absolute atomic E-state index is 12.7. The van der Waals surface area contributed by atoms with Gasteiger partial charge in [-0.15, -0.1) is 0 Å². The smallest absolute Gasteiger partial charge is 0.306 e. The lowest BCUT2D eigenvalue weighted by Gasteiger charge is -2.39. The molecule has 0 bridgehead atoms. The van der Waals surface area contributed by atoms with Gasteiger partial charge in [0.1, 0.15) is 31.0 Å². The Morgan fingerprint density at radius 3 is 1.66 bits per heavy atom. The van der Waals surface area contributed by atoms with E-state index in [0.717, 1.165) is 77.0 Å². The summed E-state index contributed by atoms with van der Waals surface area (Å²) in [5, 5.41) is 39.9. The molecule has 1 saturated heterocycles. The average molecular weight is 745 g/mol. The van der Waals surface area contributed by atoms with Crippen molar-refractivity contribution in [1.82, 2.24) is 0 Å². The molecule has 1 aliphatic heterocycles. The number of rotatable bonds is 30. The molecule has 4 unspecified atom stereocenters. The lowest BCUT2D eigenvalue weighted by Crippen LogP contribution is -2.59. The fraction of sp³-hybridized carbons (Fsp3) is 0.628. The Kier molecular flexibility index (Phi) is 30.2. The van der Waals surface area contributed by atoms with Crippen LogP contribution in [0.3, 0.4) is 0 Å². The summed E-state index contributed by atoms with van der Waals surface area (Å²) in [5.74, 6) is -0.933. The van der Waals surface area contributed by atoms with Gasteiger partial charge in [0.05, 0.1) is 13.2 Å². The highest BCUT2D eigenvalue weighted by atomic mass is 16.7. The minimum atomic E-state index is -1.61. The van der Waals surface area contributed by atoms with Crippen molar-refractivity contribution in [2.45, 2.75) is 153 Å². The van der Waals surface area contributed by atoms with Gasteiger partial charge < -0.3 is 39.4 Å². The van der Waals surface area contributed by atoms with Gasteiger partial charge in [0, 0.05) is 12.8 Å². The van der Waals surface area contributed by atoms with Gasteiger partial charge in [0.2, 0.25) is 0 Å². The zero-order valence-corrected chi connectivity index (χ0v) is 32.2. The van der Waals surface area contributed by atoms with E-state index in [2.05, 4.69) is 86.8 Å². The van der Waals surface area contributed by atoms with Crippen molar-refractivity contribution in [1.29, 1.82) is 0 Å². The van der Waals surface area contributed by atoms with Crippen molar-refractivity contribution in [2.75, 3.05) is 19.8 Å². The molecule has 6 atom stereocenters. The molecule has 4 N–H and O–H groups in total. The Bertz CT molecular complexity index is 1140. The Morgan fingerprint density at radius 1 is 0.585 bits per heavy atom. The van der Waals surface area contributed by atoms with Gasteiger partial charge >= 0.3 is 11.9 Å². The molecule has 10 nitrogen and oxygen atoms in total. The van der Waals surface area contributed by atoms with Gasteiger partial charge in [-0.05, 0) is 70.6 Å². The molecule has 53 heavy (non-hydrogen) atoms. The normalized spacial score (nSPS) is 21.8. The van der Waals surface area contributed by atoms with Crippen molar-refractivity contribution < 1.29 is 49.0 Å². The summed E-state index contributed by atoms with van der Waals surface area (Å²) in [6.07, 6.45) is 34.7. The highest BCUT2D eigenvalue weighted by molar-refractivity contribution is 5.70. The number of aliphatic hydroxyl groups is 4. The van der Waals surface area contributed by atoms with E-state index < -0.39 is 55.4 Å². The summed E-state index contributed by atoms with van der Waals surface area (Å²) in [6, 6.07) is 0.